The van der Waals surface area contributed by atoms with Gasteiger partial charge in [-0.25, -0.2) is 9.18 Å². The predicted molar refractivity (Wildman–Crippen MR) is 104 cm³/mol. The van der Waals surface area contributed by atoms with Crippen molar-refractivity contribution in [3.63, 3.8) is 0 Å². The van der Waals surface area contributed by atoms with E-state index in [4.69, 9.17) is 0 Å². The fraction of sp³-hybridized carbons (Fsp3) is 0.318. The van der Waals surface area contributed by atoms with E-state index in [2.05, 4.69) is 10.1 Å². The highest BCUT2D eigenvalue weighted by Gasteiger charge is 2.44. The van der Waals surface area contributed by atoms with Gasteiger partial charge in [-0.05, 0) is 23.3 Å². The van der Waals surface area contributed by atoms with Gasteiger partial charge < -0.3 is 15.0 Å². The molecule has 1 heterocycles. The summed E-state index contributed by atoms with van der Waals surface area (Å²) in [6, 6.07) is 8.87. The second-order valence-electron chi connectivity index (χ2n) is 7.48. The van der Waals surface area contributed by atoms with Gasteiger partial charge in [0.05, 0.1) is 20.2 Å². The molecular weight excluding hydrogens is 413 g/mol. The van der Waals surface area contributed by atoms with E-state index in [1.807, 2.05) is 0 Å². The molecule has 4 rings (SSSR count). The van der Waals surface area contributed by atoms with Gasteiger partial charge in [0.2, 0.25) is 5.91 Å². The largest absolute Gasteiger partial charge is 0.467 e. The first-order valence-corrected chi connectivity index (χ1v) is 9.65. The van der Waals surface area contributed by atoms with Crippen LogP contribution in [0.3, 0.4) is 0 Å². The number of hydrogen-bond donors (Lipinski definition) is 1. The first-order chi connectivity index (χ1) is 14.7. The van der Waals surface area contributed by atoms with E-state index in [0.717, 1.165) is 12.0 Å². The number of hydrogen-bond acceptors (Lipinski definition) is 4. The number of rotatable bonds is 4. The van der Waals surface area contributed by atoms with Crippen molar-refractivity contribution in [3.8, 4) is 11.1 Å². The van der Waals surface area contributed by atoms with Crippen LogP contribution in [-0.4, -0.2) is 55.1 Å². The summed E-state index contributed by atoms with van der Waals surface area (Å²) in [4.78, 5) is 37.8. The third-order valence-corrected chi connectivity index (χ3v) is 5.62. The number of esters is 1. The Morgan fingerprint density at radius 1 is 1.13 bits per heavy atom. The molecule has 0 aromatic heterocycles. The SMILES string of the molecule is COC(=O)[C@@H]1C[C@@H](F)CN1C(=O)CNC(=O)c1ccc2c(c1)-c1ccccc1C2(F)F. The van der Waals surface area contributed by atoms with Crippen molar-refractivity contribution in [3.05, 3.63) is 59.2 Å². The van der Waals surface area contributed by atoms with Crippen LogP contribution >= 0.6 is 0 Å². The summed E-state index contributed by atoms with van der Waals surface area (Å²) in [5.74, 6) is -5.16. The molecule has 162 valence electrons. The van der Waals surface area contributed by atoms with Gasteiger partial charge in [-0.1, -0.05) is 30.3 Å². The molecule has 0 unspecified atom stereocenters. The second-order valence-corrected chi connectivity index (χ2v) is 7.48. The summed E-state index contributed by atoms with van der Waals surface area (Å²) in [5.41, 5.74) is 0.397. The fourth-order valence-electron chi connectivity index (χ4n) is 4.10. The zero-order valence-electron chi connectivity index (χ0n) is 16.5. The first-order valence-electron chi connectivity index (χ1n) is 9.65. The molecule has 2 aliphatic rings. The molecule has 2 aromatic carbocycles. The molecule has 0 saturated carbocycles. The van der Waals surface area contributed by atoms with E-state index in [1.165, 1.54) is 30.3 Å². The van der Waals surface area contributed by atoms with Gasteiger partial charge in [-0.3, -0.25) is 9.59 Å². The molecule has 2 aromatic rings. The van der Waals surface area contributed by atoms with Crippen molar-refractivity contribution < 1.29 is 32.3 Å². The average molecular weight is 432 g/mol. The van der Waals surface area contributed by atoms with Gasteiger partial charge in [-0.2, -0.15) is 8.78 Å². The number of carbonyl (C=O) groups is 3. The lowest BCUT2D eigenvalue weighted by molar-refractivity contribution is -0.150. The number of nitrogens with one attached hydrogen (secondary N) is 1. The van der Waals surface area contributed by atoms with Crippen LogP contribution in [0.5, 0.6) is 0 Å². The van der Waals surface area contributed by atoms with E-state index < -0.39 is 42.5 Å². The summed E-state index contributed by atoms with van der Waals surface area (Å²) in [6.07, 6.45) is -1.52. The molecular formula is C22H19F3N2O4. The van der Waals surface area contributed by atoms with Gasteiger partial charge in [0.25, 0.3) is 11.8 Å². The van der Waals surface area contributed by atoms with E-state index >= 15 is 0 Å². The van der Waals surface area contributed by atoms with Crippen LogP contribution < -0.4 is 5.32 Å². The Kier molecular flexibility index (Phi) is 5.20. The normalized spacial score (nSPS) is 20.7. The quantitative estimate of drug-likeness (QED) is 0.754. The third kappa shape index (κ3) is 3.54. The van der Waals surface area contributed by atoms with E-state index in [1.54, 1.807) is 12.1 Å². The van der Waals surface area contributed by atoms with Crippen LogP contribution in [0.25, 0.3) is 11.1 Å². The van der Waals surface area contributed by atoms with Crippen LogP contribution in [0.15, 0.2) is 42.5 Å². The third-order valence-electron chi connectivity index (χ3n) is 5.62. The number of ether oxygens (including phenoxy) is 1. The van der Waals surface area contributed by atoms with Crippen molar-refractivity contribution in [2.45, 2.75) is 24.6 Å². The molecule has 1 saturated heterocycles. The molecule has 1 aliphatic carbocycles. The second kappa shape index (κ2) is 7.72. The monoisotopic (exact) mass is 432 g/mol. The van der Waals surface area contributed by atoms with Crippen LogP contribution in [0.4, 0.5) is 13.2 Å². The summed E-state index contributed by atoms with van der Waals surface area (Å²) >= 11 is 0. The number of methoxy groups -OCH3 is 1. The average Bonchev–Trinajstić information content (AvgIpc) is 3.27. The van der Waals surface area contributed by atoms with Crippen molar-refractivity contribution in [2.75, 3.05) is 20.2 Å². The fourth-order valence-corrected chi connectivity index (χ4v) is 4.10. The molecule has 0 bridgehead atoms. The molecule has 1 fully saturated rings. The van der Waals surface area contributed by atoms with Crippen LogP contribution in [0.1, 0.15) is 27.9 Å². The molecule has 0 radical (unpaired) electrons. The molecule has 0 spiro atoms. The van der Waals surface area contributed by atoms with Crippen LogP contribution in [-0.2, 0) is 20.2 Å². The van der Waals surface area contributed by atoms with Gasteiger partial charge in [-0.15, -0.1) is 0 Å². The Morgan fingerprint density at radius 3 is 2.58 bits per heavy atom. The highest BCUT2D eigenvalue weighted by Crippen LogP contribution is 2.50. The summed E-state index contributed by atoms with van der Waals surface area (Å²) in [6.45, 7) is -0.734. The minimum atomic E-state index is -3.15. The van der Waals surface area contributed by atoms with E-state index in [-0.39, 0.29) is 35.2 Å². The van der Waals surface area contributed by atoms with Crippen LogP contribution in [0, 0.1) is 0 Å². The lowest BCUT2D eigenvalue weighted by atomic mass is 10.0. The maximum Gasteiger partial charge on any atom is 0.328 e. The Bertz CT molecular complexity index is 1070. The number of fused-ring (bicyclic) bond motifs is 3. The zero-order valence-corrected chi connectivity index (χ0v) is 16.5. The Hall–Kier alpha value is -3.36. The Labute approximate surface area is 176 Å². The molecule has 1 N–H and O–H groups in total. The van der Waals surface area contributed by atoms with Crippen molar-refractivity contribution in [2.24, 2.45) is 0 Å². The number of benzene rings is 2. The van der Waals surface area contributed by atoms with Crippen molar-refractivity contribution in [1.82, 2.24) is 10.2 Å². The van der Waals surface area contributed by atoms with Gasteiger partial charge in [0.1, 0.15) is 12.2 Å². The Balaban J connectivity index is 1.49. The minimum Gasteiger partial charge on any atom is -0.467 e. The molecule has 2 amide bonds. The number of likely N-dealkylation sites (tertiary alicyclic amines) is 1. The molecule has 6 nitrogen and oxygen atoms in total. The number of amides is 2. The van der Waals surface area contributed by atoms with Gasteiger partial charge in [0.15, 0.2) is 0 Å². The standard InChI is InChI=1S/C22H19F3N2O4/c1-31-21(30)18-9-13(23)11-27(18)19(28)10-26-20(29)12-6-7-17-15(8-12)14-4-2-3-5-16(14)22(17,24)25/h2-8,13,18H,9-11H2,1H3,(H,26,29)/t13-,18+/m1/s1. The van der Waals surface area contributed by atoms with Crippen molar-refractivity contribution >= 4 is 17.8 Å². The Morgan fingerprint density at radius 2 is 1.84 bits per heavy atom. The summed E-state index contributed by atoms with van der Waals surface area (Å²) in [7, 11) is 1.15. The van der Waals surface area contributed by atoms with E-state index in [0.29, 0.717) is 5.56 Å². The number of nitrogens with zero attached hydrogens (tertiary/aromatic N) is 1. The minimum absolute atomic E-state index is 0.105. The van der Waals surface area contributed by atoms with E-state index in [9.17, 15) is 27.6 Å². The zero-order chi connectivity index (χ0) is 22.3. The molecule has 31 heavy (non-hydrogen) atoms. The highest BCUT2D eigenvalue weighted by molar-refractivity contribution is 5.99. The summed E-state index contributed by atoms with van der Waals surface area (Å²) < 4.78 is 47.6. The number of halogens is 3. The van der Waals surface area contributed by atoms with Gasteiger partial charge >= 0.3 is 5.97 Å². The molecule has 1 aliphatic heterocycles. The molecule has 9 heteroatoms. The van der Waals surface area contributed by atoms with Crippen molar-refractivity contribution in [1.29, 1.82) is 0 Å². The number of carbonyl (C=O) groups excluding carboxylic acids is 3. The maximum atomic E-state index is 14.6. The summed E-state index contributed by atoms with van der Waals surface area (Å²) in [5, 5.41) is 2.41. The smallest absolute Gasteiger partial charge is 0.328 e. The molecule has 2 atom stereocenters. The lowest BCUT2D eigenvalue weighted by Crippen LogP contribution is -2.46. The van der Waals surface area contributed by atoms with Gasteiger partial charge in [0, 0.05) is 23.1 Å². The number of alkyl halides is 3. The highest BCUT2D eigenvalue weighted by atomic mass is 19.3. The maximum absolute atomic E-state index is 14.6. The topological polar surface area (TPSA) is 75.7 Å². The first kappa shape index (κ1) is 20.9. The lowest BCUT2D eigenvalue weighted by Gasteiger charge is -2.22. The van der Waals surface area contributed by atoms with Crippen LogP contribution in [0.2, 0.25) is 0 Å². The predicted octanol–water partition coefficient (Wildman–Crippen LogP) is 2.65.